The summed E-state index contributed by atoms with van der Waals surface area (Å²) in [5.74, 6) is -1.75. The van der Waals surface area contributed by atoms with E-state index < -0.39 is 212 Å². The Bertz CT molecular complexity index is 2790. The van der Waals surface area contributed by atoms with E-state index >= 15 is 0 Å². The molecule has 31 nitrogen and oxygen atoms in total. The van der Waals surface area contributed by atoms with Crippen molar-refractivity contribution in [3.8, 4) is 0 Å². The predicted octanol–water partition coefficient (Wildman–Crippen LogP) is -2.39. The molecule has 92 heavy (non-hydrogen) atoms. The first-order valence-corrected chi connectivity index (χ1v) is 33.1. The quantitative estimate of drug-likeness (QED) is 0.0344. The molecule has 10 aliphatic rings. The number of carbonyl (C=O) groups excluding carboxylic acids is 2. The van der Waals surface area contributed by atoms with Gasteiger partial charge in [-0.05, 0) is 87.4 Å². The molecule has 3 saturated carbocycles. The van der Waals surface area contributed by atoms with Crippen molar-refractivity contribution in [1.29, 1.82) is 0 Å². The lowest BCUT2D eigenvalue weighted by Crippen LogP contribution is -2.67. The average molecular weight is 1340 g/mol. The van der Waals surface area contributed by atoms with Gasteiger partial charge in [0, 0.05) is 31.3 Å². The topological polar surface area (TPSA) is 468 Å². The van der Waals surface area contributed by atoms with Crippen LogP contribution in [0.15, 0.2) is 11.6 Å². The third-order valence-electron chi connectivity index (χ3n) is 22.4. The minimum atomic E-state index is -5.09. The molecule has 0 aromatic rings. The lowest BCUT2D eigenvalue weighted by Gasteiger charge is -2.64. The molecule has 0 unspecified atom stereocenters. The summed E-state index contributed by atoms with van der Waals surface area (Å²) >= 11 is 0. The number of cyclic esters (lactones) is 1. The number of allylic oxidation sites excluding steroid dienone is 2. The molecule has 13 N–H and O–H groups in total. The number of esters is 1. The minimum absolute atomic E-state index is 0.0328. The number of hydrogen-bond donors (Lipinski definition) is 13. The molecule has 0 aromatic heterocycles. The van der Waals surface area contributed by atoms with E-state index in [0.29, 0.717) is 38.5 Å². The number of aliphatic hydroxyl groups excluding tert-OH is 11. The molecule has 6 heterocycles. The molecule has 1 spiro atoms. The Morgan fingerprint density at radius 3 is 1.93 bits per heavy atom. The van der Waals surface area contributed by atoms with E-state index in [1.807, 2.05) is 20.8 Å². The first-order chi connectivity index (χ1) is 43.0. The Labute approximate surface area is 532 Å². The van der Waals surface area contributed by atoms with E-state index in [1.54, 1.807) is 0 Å². The highest BCUT2D eigenvalue weighted by Gasteiger charge is 2.76. The van der Waals surface area contributed by atoms with Gasteiger partial charge in [0.05, 0.1) is 37.4 Å². The van der Waals surface area contributed by atoms with E-state index in [4.69, 9.17) is 56.8 Å². The molecule has 6 saturated heterocycles. The van der Waals surface area contributed by atoms with Crippen molar-refractivity contribution < 1.29 is 150 Å². The number of aliphatic carboxylic acids is 1. The van der Waals surface area contributed by atoms with Crippen molar-refractivity contribution in [2.24, 2.45) is 45.3 Å². The first-order valence-electron chi connectivity index (χ1n) is 31.7. The summed E-state index contributed by atoms with van der Waals surface area (Å²) in [6, 6.07) is 0. The van der Waals surface area contributed by atoms with Crippen LogP contribution in [-0.4, -0.2) is 278 Å². The fourth-order valence-corrected chi connectivity index (χ4v) is 18.0. The highest BCUT2D eigenvalue weighted by atomic mass is 32.3. The smallest absolute Gasteiger partial charge is 0.397 e. The molecule has 32 heteroatoms. The number of ether oxygens (including phenoxy) is 12. The van der Waals surface area contributed by atoms with Gasteiger partial charge in [-0.15, -0.1) is 0 Å². The zero-order chi connectivity index (χ0) is 67.4. The number of hydrogen-bond acceptors (Lipinski definition) is 29. The highest BCUT2D eigenvalue weighted by Crippen LogP contribution is 2.76. The molecule has 9 fully saturated rings. The lowest BCUT2D eigenvalue weighted by atomic mass is 9.41. The van der Waals surface area contributed by atoms with Gasteiger partial charge in [-0.25, -0.2) is 8.98 Å². The first kappa shape index (κ1) is 72.1. The summed E-state index contributed by atoms with van der Waals surface area (Å²) in [6.07, 6.45) is -37.6. The van der Waals surface area contributed by atoms with Crippen LogP contribution in [0.25, 0.3) is 0 Å². The summed E-state index contributed by atoms with van der Waals surface area (Å²) in [5.41, 5.74) is -1.95. The number of Topliss-reactive ketones (excluding diaryl/α,β-unsaturated/α-hetero) is 1. The maximum atomic E-state index is 14.5. The second-order valence-corrected chi connectivity index (χ2v) is 29.8. The molecule has 4 aliphatic carbocycles. The normalized spacial score (nSPS) is 50.2. The van der Waals surface area contributed by atoms with Crippen LogP contribution in [0.3, 0.4) is 0 Å². The van der Waals surface area contributed by atoms with Crippen molar-refractivity contribution in [2.45, 2.75) is 272 Å². The third-order valence-corrected chi connectivity index (χ3v) is 22.8. The van der Waals surface area contributed by atoms with E-state index in [9.17, 15) is 88.6 Å². The lowest BCUT2D eigenvalue weighted by molar-refractivity contribution is -0.394. The fourth-order valence-electron chi connectivity index (χ4n) is 17.7. The van der Waals surface area contributed by atoms with Crippen LogP contribution in [-0.2, 0) is 85.8 Å². The monoisotopic (exact) mass is 1340 g/mol. The summed E-state index contributed by atoms with van der Waals surface area (Å²) < 4.78 is 108. The van der Waals surface area contributed by atoms with Crippen LogP contribution in [0.4, 0.5) is 0 Å². The van der Waals surface area contributed by atoms with Crippen molar-refractivity contribution in [3.63, 3.8) is 0 Å². The predicted molar refractivity (Wildman–Crippen MR) is 304 cm³/mol. The van der Waals surface area contributed by atoms with Gasteiger partial charge < -0.3 is 118 Å². The molecule has 0 aromatic carbocycles. The van der Waals surface area contributed by atoms with Crippen LogP contribution in [0.2, 0.25) is 0 Å². The average Bonchev–Trinajstić information content (AvgIpc) is 1.46. The molecule has 0 amide bonds. The molecule has 32 atom stereocenters. The number of fused-ring (bicyclic) bond motifs is 4. The number of rotatable bonds is 20. The molecule has 0 bridgehead atoms. The molecular formula is C60H94O31S. The molecule has 0 radical (unpaired) electrons. The number of carboxylic acids is 1. The Balaban J connectivity index is 0.877. The summed E-state index contributed by atoms with van der Waals surface area (Å²) in [5, 5.41) is 133. The van der Waals surface area contributed by atoms with Crippen LogP contribution < -0.4 is 0 Å². The SMILES string of the molecule is CO[C@@H]1[C@@H](O)[C@H](O[C@@H]2[C@@H](O)[C@H](O[C@H]3[C@H](O)[C@@H](O)[C@H](O[C@H]4[C@H](O[C@H]5CC[C@]6(C)[C@@H]7CC[C@@]89C(=O)O[C@@](C)(CC(=O)CC(C)C)[C@@H]8CC[C@@]9(C)C7=CC[C@@H]6C5(C)C)OC[C@@H](O[C@@H]5O[C@H](COS(=O)(=O)O)[C@@H](O)[C@H](O)[C@H]5O)[C@@H]4O)O[C@@H]3C)O[C@H](CO)[C@H]2O)O[C@H](C(=O)O)[C@H]1O. The minimum Gasteiger partial charge on any atom is -0.479 e. The Morgan fingerprint density at radius 1 is 0.663 bits per heavy atom. The Hall–Kier alpha value is -2.66. The summed E-state index contributed by atoms with van der Waals surface area (Å²) in [7, 11) is -4.02. The van der Waals surface area contributed by atoms with E-state index in [1.165, 1.54) is 12.5 Å². The zero-order valence-electron chi connectivity index (χ0n) is 52.9. The molecule has 6 aliphatic heterocycles. The van der Waals surface area contributed by atoms with Crippen molar-refractivity contribution in [1.82, 2.24) is 0 Å². The number of methoxy groups -OCH3 is 1. The number of ketones is 1. The third kappa shape index (κ3) is 12.7. The Morgan fingerprint density at radius 2 is 1.28 bits per heavy atom. The Kier molecular flexibility index (Phi) is 21.1. The van der Waals surface area contributed by atoms with Gasteiger partial charge in [0.15, 0.2) is 37.6 Å². The fraction of sp³-hybridized carbons (Fsp3) is 0.917. The standard InChI is InChI=1S/C60H94O31S/c1-23(2)18-25(62)19-59(8)32-13-16-58(7)27-10-11-31-56(4,5)33(14-15-57(31,6)26(27)12-17-60(32,58)55(75)91-59)86-54-48(36(65)29(21-80-54)84-51-39(68)37(66)34(63)30(85-51)22-81-92(76,77)78)90-50-40(69)38(67)44(24(3)82-50)87-52-43(72)46(35(64)28(20-61)83-52)88-53-42(71)45(79-9)41(70)47(89-53)49(73)74/h10,23-24,26,28-48,50-54,61,63-72H,11-22H2,1-9H3,(H,73,74)(H,76,77,78)/t24-,26-,28-,29-,30-,31-,32+,33+,34-,35-,36+,37+,38-,39-,40-,41+,42-,43-,44-,45+,46+,47+,48-,50+,51-,52+,53-,54+,57-,58+,59+,60+/m1/s1. The maximum Gasteiger partial charge on any atom is 0.397 e. The number of aliphatic hydroxyl groups is 11. The van der Waals surface area contributed by atoms with Gasteiger partial charge in [-0.1, -0.05) is 53.2 Å². The number of carboxylic acid groups (broad SMARTS) is 1. The van der Waals surface area contributed by atoms with Gasteiger partial charge in [0.25, 0.3) is 0 Å². The van der Waals surface area contributed by atoms with Crippen LogP contribution in [0.1, 0.15) is 113 Å². The largest absolute Gasteiger partial charge is 0.479 e. The van der Waals surface area contributed by atoms with E-state index in [0.717, 1.165) is 20.0 Å². The molecular weight excluding hydrogens is 1250 g/mol. The second kappa shape index (κ2) is 26.9. The van der Waals surface area contributed by atoms with Crippen LogP contribution >= 0.6 is 0 Å². The molecule has 526 valence electrons. The summed E-state index contributed by atoms with van der Waals surface area (Å²) in [6.45, 7) is 13.4. The van der Waals surface area contributed by atoms with Crippen molar-refractivity contribution in [3.05, 3.63) is 11.6 Å². The van der Waals surface area contributed by atoms with E-state index in [-0.39, 0.29) is 47.3 Å². The maximum absolute atomic E-state index is 14.5. The second-order valence-electron chi connectivity index (χ2n) is 28.7. The number of carbonyl (C=O) groups is 3. The van der Waals surface area contributed by atoms with Crippen LogP contribution in [0.5, 0.6) is 0 Å². The molecule has 10 rings (SSSR count). The van der Waals surface area contributed by atoms with Gasteiger partial charge in [0.1, 0.15) is 115 Å². The summed E-state index contributed by atoms with van der Waals surface area (Å²) in [4.78, 5) is 39.8. The van der Waals surface area contributed by atoms with Crippen molar-refractivity contribution >= 4 is 28.1 Å². The van der Waals surface area contributed by atoms with Gasteiger partial charge in [-0.2, -0.15) is 8.42 Å². The van der Waals surface area contributed by atoms with Crippen molar-refractivity contribution in [2.75, 3.05) is 26.9 Å². The zero-order valence-corrected chi connectivity index (χ0v) is 53.7. The van der Waals surface area contributed by atoms with Crippen LogP contribution in [0, 0.1) is 45.3 Å². The van der Waals surface area contributed by atoms with Gasteiger partial charge in [-0.3, -0.25) is 14.1 Å². The highest BCUT2D eigenvalue weighted by molar-refractivity contribution is 7.80. The van der Waals surface area contributed by atoms with E-state index in [2.05, 4.69) is 38.0 Å². The van der Waals surface area contributed by atoms with Gasteiger partial charge >= 0.3 is 22.3 Å². The van der Waals surface area contributed by atoms with Gasteiger partial charge in [0.2, 0.25) is 0 Å².